The lowest BCUT2D eigenvalue weighted by atomic mass is 10.2. The first-order valence-corrected chi connectivity index (χ1v) is 4.03. The van der Waals surface area contributed by atoms with Crippen LogP contribution in [0.15, 0.2) is 18.3 Å². The maximum Gasteiger partial charge on any atom is 0.250 e. The molecule has 12 heavy (non-hydrogen) atoms. The van der Waals surface area contributed by atoms with Crippen LogP contribution < -0.4 is 5.73 Å². The van der Waals surface area contributed by atoms with Crippen molar-refractivity contribution < 1.29 is 4.79 Å². The highest BCUT2D eigenvalue weighted by Gasteiger charge is 2.24. The molecular formula is C9H10N2O. The van der Waals surface area contributed by atoms with Crippen molar-refractivity contribution in [2.24, 2.45) is 5.73 Å². The van der Waals surface area contributed by atoms with Crippen LogP contribution in [0.25, 0.3) is 0 Å². The van der Waals surface area contributed by atoms with E-state index < -0.39 is 5.91 Å². The molecule has 0 atom stereocenters. The lowest BCUT2D eigenvalue weighted by molar-refractivity contribution is 0.1000. The zero-order valence-corrected chi connectivity index (χ0v) is 6.66. The summed E-state index contributed by atoms with van der Waals surface area (Å²) in [5.41, 5.74) is 6.65. The Morgan fingerprint density at radius 2 is 2.25 bits per heavy atom. The largest absolute Gasteiger partial charge is 0.366 e. The SMILES string of the molecule is NC(=O)c1ccc(C2CC2)nc1. The molecular weight excluding hydrogens is 152 g/mol. The number of nitrogens with two attached hydrogens (primary N) is 1. The Hall–Kier alpha value is -1.38. The number of hydrogen-bond acceptors (Lipinski definition) is 2. The van der Waals surface area contributed by atoms with E-state index in [-0.39, 0.29) is 0 Å². The Labute approximate surface area is 70.6 Å². The van der Waals surface area contributed by atoms with E-state index in [2.05, 4.69) is 4.98 Å². The fraction of sp³-hybridized carbons (Fsp3) is 0.333. The van der Waals surface area contributed by atoms with Gasteiger partial charge in [0.25, 0.3) is 0 Å². The molecule has 0 aromatic carbocycles. The summed E-state index contributed by atoms with van der Waals surface area (Å²) >= 11 is 0. The number of aromatic nitrogens is 1. The van der Waals surface area contributed by atoms with Gasteiger partial charge in [0.15, 0.2) is 0 Å². The Balaban J connectivity index is 2.24. The number of carbonyl (C=O) groups excluding carboxylic acids is 1. The fourth-order valence-electron chi connectivity index (χ4n) is 1.17. The van der Waals surface area contributed by atoms with E-state index in [9.17, 15) is 4.79 Å². The number of primary amides is 1. The van der Waals surface area contributed by atoms with Crippen molar-refractivity contribution in [2.45, 2.75) is 18.8 Å². The molecule has 1 aliphatic carbocycles. The van der Waals surface area contributed by atoms with Crippen LogP contribution in [0.1, 0.15) is 34.8 Å². The van der Waals surface area contributed by atoms with Crippen molar-refractivity contribution >= 4 is 5.91 Å². The van der Waals surface area contributed by atoms with E-state index >= 15 is 0 Å². The van der Waals surface area contributed by atoms with E-state index in [1.807, 2.05) is 6.07 Å². The minimum Gasteiger partial charge on any atom is -0.366 e. The topological polar surface area (TPSA) is 56.0 Å². The summed E-state index contributed by atoms with van der Waals surface area (Å²) in [5.74, 6) is 0.219. The molecule has 0 unspecified atom stereocenters. The van der Waals surface area contributed by atoms with Crippen molar-refractivity contribution in [1.29, 1.82) is 0 Å². The zero-order valence-electron chi connectivity index (χ0n) is 6.66. The molecule has 2 rings (SSSR count). The molecule has 62 valence electrons. The van der Waals surface area contributed by atoms with Gasteiger partial charge in [-0.15, -0.1) is 0 Å². The van der Waals surface area contributed by atoms with Gasteiger partial charge in [0.2, 0.25) is 5.91 Å². The second kappa shape index (κ2) is 2.59. The van der Waals surface area contributed by atoms with E-state index in [0.717, 1.165) is 5.69 Å². The number of amides is 1. The normalized spacial score (nSPS) is 16.0. The summed E-state index contributed by atoms with van der Waals surface area (Å²) in [5, 5.41) is 0. The van der Waals surface area contributed by atoms with E-state index in [0.29, 0.717) is 11.5 Å². The van der Waals surface area contributed by atoms with Gasteiger partial charge in [0.05, 0.1) is 5.56 Å². The van der Waals surface area contributed by atoms with Crippen LogP contribution >= 0.6 is 0 Å². The summed E-state index contributed by atoms with van der Waals surface area (Å²) in [6.07, 6.45) is 4.00. The molecule has 1 amide bonds. The van der Waals surface area contributed by atoms with Gasteiger partial charge in [-0.25, -0.2) is 0 Å². The fourth-order valence-corrected chi connectivity index (χ4v) is 1.17. The third kappa shape index (κ3) is 1.30. The maximum atomic E-state index is 10.7. The molecule has 0 aliphatic heterocycles. The quantitative estimate of drug-likeness (QED) is 0.706. The maximum absolute atomic E-state index is 10.7. The number of pyridine rings is 1. The van der Waals surface area contributed by atoms with Gasteiger partial charge in [-0.1, -0.05) is 0 Å². The molecule has 0 bridgehead atoms. The summed E-state index contributed by atoms with van der Waals surface area (Å²) in [7, 11) is 0. The first-order valence-electron chi connectivity index (χ1n) is 4.03. The van der Waals surface area contributed by atoms with Gasteiger partial charge < -0.3 is 5.73 Å². The molecule has 1 saturated carbocycles. The Morgan fingerprint density at radius 1 is 1.50 bits per heavy atom. The Bertz CT molecular complexity index is 301. The number of carbonyl (C=O) groups is 1. The van der Waals surface area contributed by atoms with Crippen LogP contribution in [-0.4, -0.2) is 10.9 Å². The summed E-state index contributed by atoms with van der Waals surface area (Å²) < 4.78 is 0. The monoisotopic (exact) mass is 162 g/mol. The van der Waals surface area contributed by atoms with Crippen molar-refractivity contribution in [3.63, 3.8) is 0 Å². The first kappa shape index (κ1) is 7.28. The van der Waals surface area contributed by atoms with Gasteiger partial charge >= 0.3 is 0 Å². The molecule has 3 heteroatoms. The van der Waals surface area contributed by atoms with Gasteiger partial charge in [-0.3, -0.25) is 9.78 Å². The average Bonchev–Trinajstić information content (AvgIpc) is 2.87. The molecule has 1 heterocycles. The minimum absolute atomic E-state index is 0.412. The zero-order chi connectivity index (χ0) is 8.55. The van der Waals surface area contributed by atoms with Gasteiger partial charge in [-0.2, -0.15) is 0 Å². The smallest absolute Gasteiger partial charge is 0.250 e. The standard InChI is InChI=1S/C9H10N2O/c10-9(12)7-3-4-8(11-5-7)6-1-2-6/h3-6H,1-2H2,(H2,10,12). The summed E-state index contributed by atoms with van der Waals surface area (Å²) in [6.45, 7) is 0. The third-order valence-electron chi connectivity index (χ3n) is 2.07. The van der Waals surface area contributed by atoms with Crippen LogP contribution in [-0.2, 0) is 0 Å². The highest BCUT2D eigenvalue weighted by molar-refractivity contribution is 5.92. The molecule has 1 aliphatic rings. The predicted molar refractivity (Wildman–Crippen MR) is 44.7 cm³/mol. The molecule has 0 radical (unpaired) electrons. The van der Waals surface area contributed by atoms with Crippen LogP contribution in [0, 0.1) is 0 Å². The van der Waals surface area contributed by atoms with E-state index in [4.69, 9.17) is 5.73 Å². The first-order chi connectivity index (χ1) is 5.77. The predicted octanol–water partition coefficient (Wildman–Crippen LogP) is 1.06. The molecule has 1 aromatic rings. The highest BCUT2D eigenvalue weighted by Crippen LogP contribution is 2.38. The van der Waals surface area contributed by atoms with Crippen molar-refractivity contribution in [3.8, 4) is 0 Å². The summed E-state index contributed by atoms with van der Waals surface area (Å²) in [6, 6.07) is 3.63. The van der Waals surface area contributed by atoms with Crippen molar-refractivity contribution in [3.05, 3.63) is 29.6 Å². The van der Waals surface area contributed by atoms with Gasteiger partial charge in [0.1, 0.15) is 0 Å². The number of rotatable bonds is 2. The molecule has 0 saturated heterocycles. The van der Waals surface area contributed by atoms with Crippen molar-refractivity contribution in [1.82, 2.24) is 4.98 Å². The van der Waals surface area contributed by atoms with Crippen LogP contribution in [0.5, 0.6) is 0 Å². The van der Waals surface area contributed by atoms with E-state index in [1.54, 1.807) is 12.3 Å². The number of nitrogens with zero attached hydrogens (tertiary/aromatic N) is 1. The number of hydrogen-bond donors (Lipinski definition) is 1. The van der Waals surface area contributed by atoms with Crippen LogP contribution in [0.2, 0.25) is 0 Å². The third-order valence-corrected chi connectivity index (χ3v) is 2.07. The Kier molecular flexibility index (Phi) is 1.57. The van der Waals surface area contributed by atoms with Crippen LogP contribution in [0.3, 0.4) is 0 Å². The summed E-state index contributed by atoms with van der Waals surface area (Å²) in [4.78, 5) is 14.8. The van der Waals surface area contributed by atoms with Crippen LogP contribution in [0.4, 0.5) is 0 Å². The molecule has 1 fully saturated rings. The Morgan fingerprint density at radius 3 is 2.67 bits per heavy atom. The van der Waals surface area contributed by atoms with Gasteiger partial charge in [0, 0.05) is 17.8 Å². The van der Waals surface area contributed by atoms with Gasteiger partial charge in [-0.05, 0) is 25.0 Å². The van der Waals surface area contributed by atoms with Crippen molar-refractivity contribution in [2.75, 3.05) is 0 Å². The average molecular weight is 162 g/mol. The minimum atomic E-state index is -0.412. The lowest BCUT2D eigenvalue weighted by Gasteiger charge is -1.97. The second-order valence-corrected chi connectivity index (χ2v) is 3.11. The molecule has 3 nitrogen and oxygen atoms in total. The van der Waals surface area contributed by atoms with E-state index in [1.165, 1.54) is 12.8 Å². The molecule has 2 N–H and O–H groups in total. The molecule has 1 aromatic heterocycles. The highest BCUT2D eigenvalue weighted by atomic mass is 16.1. The molecule has 0 spiro atoms. The second-order valence-electron chi connectivity index (χ2n) is 3.11. The lowest BCUT2D eigenvalue weighted by Crippen LogP contribution is -2.11.